The summed E-state index contributed by atoms with van der Waals surface area (Å²) in [6, 6.07) is 14.3. The number of rotatable bonds is 8. The molecule has 1 aromatic heterocycles. The van der Waals surface area contributed by atoms with Gasteiger partial charge in [0.05, 0.1) is 29.0 Å². The van der Waals surface area contributed by atoms with E-state index in [1.165, 1.54) is 5.56 Å². The molecule has 0 N–H and O–H groups in total. The van der Waals surface area contributed by atoms with E-state index in [4.69, 9.17) is 9.72 Å². The summed E-state index contributed by atoms with van der Waals surface area (Å²) in [5.41, 5.74) is 3.00. The summed E-state index contributed by atoms with van der Waals surface area (Å²) in [7, 11) is 0. The highest BCUT2D eigenvalue weighted by molar-refractivity contribution is 7.99. The first kappa shape index (κ1) is 22.3. The normalized spacial score (nSPS) is 14.8. The van der Waals surface area contributed by atoms with Gasteiger partial charge in [0.15, 0.2) is 5.13 Å². The van der Waals surface area contributed by atoms with Gasteiger partial charge in [-0.3, -0.25) is 14.6 Å². The Morgan fingerprint density at radius 3 is 2.77 bits per heavy atom. The molecule has 5 nitrogen and oxygen atoms in total. The van der Waals surface area contributed by atoms with Crippen LogP contribution in [0.5, 0.6) is 0 Å². The molecule has 1 saturated heterocycles. The summed E-state index contributed by atoms with van der Waals surface area (Å²) < 4.78 is 6.61. The van der Waals surface area contributed by atoms with Gasteiger partial charge < -0.3 is 4.74 Å². The Bertz CT molecular complexity index is 1030. The number of morpholine rings is 1. The molecule has 0 radical (unpaired) electrons. The maximum atomic E-state index is 13.7. The summed E-state index contributed by atoms with van der Waals surface area (Å²) in [5, 5.41) is 0.776. The number of hydrogen-bond donors (Lipinski definition) is 0. The number of thioether (sulfide) groups is 1. The van der Waals surface area contributed by atoms with Gasteiger partial charge in [0, 0.05) is 31.1 Å². The van der Waals surface area contributed by atoms with E-state index >= 15 is 0 Å². The zero-order valence-corrected chi connectivity index (χ0v) is 19.8. The van der Waals surface area contributed by atoms with E-state index in [0.29, 0.717) is 6.54 Å². The van der Waals surface area contributed by atoms with E-state index in [2.05, 4.69) is 36.9 Å². The quantitative estimate of drug-likeness (QED) is 0.450. The average Bonchev–Trinajstić information content (AvgIpc) is 3.23. The molecule has 1 fully saturated rings. The van der Waals surface area contributed by atoms with E-state index in [-0.39, 0.29) is 5.91 Å². The summed E-state index contributed by atoms with van der Waals surface area (Å²) in [4.78, 5) is 23.9. The SMILES string of the molecule is CCSc1ccccc1C(=O)N(CCN1CCOCC1)c1nc2ccc(CC)cc2s1. The van der Waals surface area contributed by atoms with Crippen molar-refractivity contribution >= 4 is 44.4 Å². The van der Waals surface area contributed by atoms with E-state index in [9.17, 15) is 4.79 Å². The molecule has 2 aromatic carbocycles. The van der Waals surface area contributed by atoms with Gasteiger partial charge in [-0.2, -0.15) is 0 Å². The second-order valence-electron chi connectivity index (χ2n) is 7.49. The van der Waals surface area contributed by atoms with Crippen LogP contribution in [0.3, 0.4) is 0 Å². The summed E-state index contributed by atoms with van der Waals surface area (Å²) in [5.74, 6) is 0.957. The van der Waals surface area contributed by atoms with Crippen LogP contribution in [0.2, 0.25) is 0 Å². The maximum Gasteiger partial charge on any atom is 0.261 e. The fourth-order valence-corrected chi connectivity index (χ4v) is 5.56. The van der Waals surface area contributed by atoms with E-state index in [0.717, 1.165) is 70.8 Å². The van der Waals surface area contributed by atoms with Crippen molar-refractivity contribution in [3.63, 3.8) is 0 Å². The van der Waals surface area contributed by atoms with Gasteiger partial charge in [0.2, 0.25) is 0 Å². The van der Waals surface area contributed by atoms with Crippen LogP contribution in [0.15, 0.2) is 47.4 Å². The molecule has 0 aliphatic carbocycles. The zero-order valence-electron chi connectivity index (χ0n) is 18.2. The maximum absolute atomic E-state index is 13.7. The molecule has 0 atom stereocenters. The number of aromatic nitrogens is 1. The smallest absolute Gasteiger partial charge is 0.261 e. The number of anilines is 1. The predicted molar refractivity (Wildman–Crippen MR) is 131 cm³/mol. The first-order valence-corrected chi connectivity index (χ1v) is 12.7. The first-order chi connectivity index (χ1) is 15.2. The highest BCUT2D eigenvalue weighted by Gasteiger charge is 2.24. The third-order valence-electron chi connectivity index (χ3n) is 5.49. The number of thiazole rings is 1. The monoisotopic (exact) mass is 455 g/mol. The summed E-state index contributed by atoms with van der Waals surface area (Å²) >= 11 is 3.32. The second-order valence-corrected chi connectivity index (χ2v) is 9.81. The Hall–Kier alpha value is -1.93. The predicted octanol–water partition coefficient (Wildman–Crippen LogP) is 4.95. The molecular weight excluding hydrogens is 426 g/mol. The molecule has 1 amide bonds. The van der Waals surface area contributed by atoms with Crippen LogP contribution in [0.4, 0.5) is 5.13 Å². The van der Waals surface area contributed by atoms with E-state index in [1.807, 2.05) is 29.2 Å². The second kappa shape index (κ2) is 10.6. The van der Waals surface area contributed by atoms with Crippen molar-refractivity contribution in [2.45, 2.75) is 25.2 Å². The van der Waals surface area contributed by atoms with Gasteiger partial charge in [0.1, 0.15) is 0 Å². The zero-order chi connectivity index (χ0) is 21.6. The number of aryl methyl sites for hydroxylation is 1. The van der Waals surface area contributed by atoms with Crippen LogP contribution >= 0.6 is 23.1 Å². The molecule has 7 heteroatoms. The molecule has 2 heterocycles. The van der Waals surface area contributed by atoms with Crippen molar-refractivity contribution < 1.29 is 9.53 Å². The number of carbonyl (C=O) groups excluding carboxylic acids is 1. The van der Waals surface area contributed by atoms with Crippen LogP contribution in [0, 0.1) is 0 Å². The van der Waals surface area contributed by atoms with Gasteiger partial charge in [0.25, 0.3) is 5.91 Å². The van der Waals surface area contributed by atoms with Crippen molar-refractivity contribution in [2.75, 3.05) is 50.0 Å². The van der Waals surface area contributed by atoms with Gasteiger partial charge in [-0.1, -0.05) is 43.4 Å². The molecule has 3 aromatic rings. The summed E-state index contributed by atoms with van der Waals surface area (Å²) in [6.07, 6.45) is 0.991. The lowest BCUT2D eigenvalue weighted by Gasteiger charge is -2.29. The third-order valence-corrected chi connectivity index (χ3v) is 7.48. The molecule has 4 rings (SSSR count). The number of amides is 1. The number of nitrogens with zero attached hydrogens (tertiary/aromatic N) is 3. The number of carbonyl (C=O) groups is 1. The molecule has 0 saturated carbocycles. The number of fused-ring (bicyclic) bond motifs is 1. The lowest BCUT2D eigenvalue weighted by molar-refractivity contribution is 0.0391. The standard InChI is InChI=1S/C24H29N3O2S2/c1-3-18-9-10-20-22(17-18)31-24(25-20)27(12-11-26-13-15-29-16-14-26)23(28)19-7-5-6-8-21(19)30-4-2/h5-10,17H,3-4,11-16H2,1-2H3. The Morgan fingerprint density at radius 2 is 2.00 bits per heavy atom. The topological polar surface area (TPSA) is 45.7 Å². The fourth-order valence-electron chi connectivity index (χ4n) is 3.71. The van der Waals surface area contributed by atoms with E-state index < -0.39 is 0 Å². The van der Waals surface area contributed by atoms with Crippen LogP contribution in [0.1, 0.15) is 29.8 Å². The number of hydrogen-bond acceptors (Lipinski definition) is 6. The lowest BCUT2D eigenvalue weighted by atomic mass is 10.2. The molecule has 31 heavy (non-hydrogen) atoms. The molecule has 164 valence electrons. The van der Waals surface area contributed by atoms with Gasteiger partial charge in [-0.05, 0) is 42.0 Å². The van der Waals surface area contributed by atoms with Crippen LogP contribution < -0.4 is 4.90 Å². The molecule has 0 spiro atoms. The van der Waals surface area contributed by atoms with Crippen LogP contribution in [-0.2, 0) is 11.2 Å². The minimum absolute atomic E-state index is 0.0274. The largest absolute Gasteiger partial charge is 0.379 e. The van der Waals surface area contributed by atoms with Crippen LogP contribution in [-0.4, -0.2) is 60.9 Å². The summed E-state index contributed by atoms with van der Waals surface area (Å²) in [6.45, 7) is 9.02. The Balaban J connectivity index is 1.66. The van der Waals surface area contributed by atoms with Crippen molar-refractivity contribution in [1.82, 2.24) is 9.88 Å². The first-order valence-electron chi connectivity index (χ1n) is 10.9. The number of ether oxygens (including phenoxy) is 1. The minimum atomic E-state index is 0.0274. The average molecular weight is 456 g/mol. The molecule has 1 aliphatic heterocycles. The Kier molecular flexibility index (Phi) is 7.61. The molecule has 0 bridgehead atoms. The lowest BCUT2D eigenvalue weighted by Crippen LogP contribution is -2.43. The van der Waals surface area contributed by atoms with Crippen molar-refractivity contribution in [2.24, 2.45) is 0 Å². The van der Waals surface area contributed by atoms with Crippen molar-refractivity contribution in [3.05, 3.63) is 53.6 Å². The number of benzene rings is 2. The highest BCUT2D eigenvalue weighted by Crippen LogP contribution is 2.32. The van der Waals surface area contributed by atoms with Gasteiger partial charge in [-0.25, -0.2) is 4.98 Å². The van der Waals surface area contributed by atoms with Crippen molar-refractivity contribution in [3.8, 4) is 0 Å². The Labute approximate surface area is 192 Å². The third kappa shape index (κ3) is 5.29. The Morgan fingerprint density at radius 1 is 1.19 bits per heavy atom. The van der Waals surface area contributed by atoms with Gasteiger partial charge in [-0.15, -0.1) is 11.8 Å². The fraction of sp³-hybridized carbons (Fsp3) is 0.417. The minimum Gasteiger partial charge on any atom is -0.379 e. The van der Waals surface area contributed by atoms with E-state index in [1.54, 1.807) is 23.1 Å². The van der Waals surface area contributed by atoms with Crippen molar-refractivity contribution in [1.29, 1.82) is 0 Å². The van der Waals surface area contributed by atoms with Gasteiger partial charge >= 0.3 is 0 Å². The highest BCUT2D eigenvalue weighted by atomic mass is 32.2. The molecule has 0 unspecified atom stereocenters. The molecule has 1 aliphatic rings. The van der Waals surface area contributed by atoms with Crippen LogP contribution in [0.25, 0.3) is 10.2 Å². The molecular formula is C24H29N3O2S2.